The third-order valence-corrected chi connectivity index (χ3v) is 4.96. The largest absolute Gasteiger partial charge is 0.419 e. The molecule has 3 saturated carbocycles. The quantitative estimate of drug-likeness (QED) is 0.909. The van der Waals surface area contributed by atoms with Gasteiger partial charge in [0, 0.05) is 23.5 Å². The molecule has 2 heterocycles. The normalized spacial score (nSPS) is 25.8. The Morgan fingerprint density at radius 2 is 2.04 bits per heavy atom. The number of pyridine rings is 1. The molecular formula is C15H15F3N4O. The molecule has 0 aromatic carbocycles. The summed E-state index contributed by atoms with van der Waals surface area (Å²) >= 11 is 0. The van der Waals surface area contributed by atoms with Crippen molar-refractivity contribution in [2.24, 2.45) is 5.92 Å². The average molecular weight is 324 g/mol. The molecule has 3 N–H and O–H groups in total. The molecule has 2 aromatic rings. The zero-order valence-corrected chi connectivity index (χ0v) is 12.1. The van der Waals surface area contributed by atoms with Crippen molar-refractivity contribution in [2.45, 2.75) is 37.6 Å². The molecule has 0 spiro atoms. The van der Waals surface area contributed by atoms with Crippen molar-refractivity contribution in [1.82, 2.24) is 14.5 Å². The van der Waals surface area contributed by atoms with E-state index in [-0.39, 0.29) is 17.7 Å². The van der Waals surface area contributed by atoms with Crippen LogP contribution in [0.25, 0.3) is 11.3 Å². The number of imidazole rings is 1. The molecule has 3 aliphatic rings. The third-order valence-electron chi connectivity index (χ3n) is 4.96. The number of nitrogen functional groups attached to an aromatic ring is 1. The molecule has 0 unspecified atom stereocenters. The van der Waals surface area contributed by atoms with Gasteiger partial charge in [0.2, 0.25) is 0 Å². The van der Waals surface area contributed by atoms with Crippen LogP contribution in [0, 0.1) is 5.92 Å². The number of aliphatic hydroxyl groups excluding tert-OH is 1. The van der Waals surface area contributed by atoms with Crippen LogP contribution in [0.1, 0.15) is 30.7 Å². The van der Waals surface area contributed by atoms with Crippen molar-refractivity contribution in [3.05, 3.63) is 29.8 Å². The number of nitrogens with two attached hydrogens (primary N) is 1. The van der Waals surface area contributed by atoms with E-state index in [0.29, 0.717) is 11.5 Å². The van der Waals surface area contributed by atoms with Crippen LogP contribution in [-0.4, -0.2) is 19.6 Å². The molecule has 0 radical (unpaired) electrons. The summed E-state index contributed by atoms with van der Waals surface area (Å²) in [5.74, 6) is 0.661. The van der Waals surface area contributed by atoms with E-state index in [0.717, 1.165) is 31.2 Å². The van der Waals surface area contributed by atoms with Gasteiger partial charge in [-0.15, -0.1) is 0 Å². The molecule has 8 heteroatoms. The van der Waals surface area contributed by atoms with Gasteiger partial charge in [0.1, 0.15) is 18.2 Å². The molecular weight excluding hydrogens is 309 g/mol. The SMILES string of the molecule is Nc1ncc(-c2cn(C34CC(C3)C4)c(CO)n2)cc1C(F)(F)F. The van der Waals surface area contributed by atoms with Crippen molar-refractivity contribution in [2.75, 3.05) is 5.73 Å². The number of halogens is 3. The first-order valence-corrected chi connectivity index (χ1v) is 7.35. The summed E-state index contributed by atoms with van der Waals surface area (Å²) < 4.78 is 40.8. The van der Waals surface area contributed by atoms with Crippen LogP contribution in [0.2, 0.25) is 0 Å². The van der Waals surface area contributed by atoms with E-state index in [1.54, 1.807) is 6.20 Å². The van der Waals surface area contributed by atoms with Crippen molar-refractivity contribution >= 4 is 5.82 Å². The van der Waals surface area contributed by atoms with Crippen molar-refractivity contribution < 1.29 is 18.3 Å². The predicted molar refractivity (Wildman–Crippen MR) is 76.1 cm³/mol. The number of rotatable bonds is 3. The standard InChI is InChI=1S/C15H15F3N4O/c16-15(17,18)10-1-9(5-20-13(10)19)11-6-22(12(7-23)21-11)14-2-8(3-14)4-14/h1,5-6,8,23H,2-4,7H2,(H2,19,20). The first-order chi connectivity index (χ1) is 10.8. The molecule has 2 bridgehead atoms. The third kappa shape index (κ3) is 2.04. The Morgan fingerprint density at radius 3 is 2.57 bits per heavy atom. The summed E-state index contributed by atoms with van der Waals surface area (Å²) in [6.45, 7) is -0.249. The average Bonchev–Trinajstić information content (AvgIpc) is 2.78. The van der Waals surface area contributed by atoms with Crippen molar-refractivity contribution in [3.8, 4) is 11.3 Å². The lowest BCUT2D eigenvalue weighted by Gasteiger charge is -2.62. The van der Waals surface area contributed by atoms with Gasteiger partial charge in [-0.3, -0.25) is 0 Å². The first-order valence-electron chi connectivity index (χ1n) is 7.35. The van der Waals surface area contributed by atoms with Crippen LogP contribution in [-0.2, 0) is 18.3 Å². The molecule has 5 nitrogen and oxygen atoms in total. The highest BCUT2D eigenvalue weighted by molar-refractivity contribution is 5.62. The summed E-state index contributed by atoms with van der Waals surface area (Å²) in [7, 11) is 0. The van der Waals surface area contributed by atoms with Gasteiger partial charge in [-0.1, -0.05) is 0 Å². The van der Waals surface area contributed by atoms with E-state index in [1.165, 1.54) is 6.20 Å². The van der Waals surface area contributed by atoms with Gasteiger partial charge in [0.25, 0.3) is 0 Å². The summed E-state index contributed by atoms with van der Waals surface area (Å²) in [6, 6.07) is 0.957. The topological polar surface area (TPSA) is 77.0 Å². The van der Waals surface area contributed by atoms with Gasteiger partial charge in [-0.05, 0) is 31.2 Å². The summed E-state index contributed by atoms with van der Waals surface area (Å²) in [6.07, 6.45) is 1.56. The maximum atomic E-state index is 13.0. The molecule has 2 aromatic heterocycles. The molecule has 23 heavy (non-hydrogen) atoms. The fourth-order valence-corrected chi connectivity index (χ4v) is 3.65. The van der Waals surface area contributed by atoms with Crippen molar-refractivity contribution in [3.63, 3.8) is 0 Å². The maximum absolute atomic E-state index is 13.0. The van der Waals surface area contributed by atoms with Crippen LogP contribution in [0.4, 0.5) is 19.0 Å². The molecule has 0 amide bonds. The van der Waals surface area contributed by atoms with E-state index in [9.17, 15) is 18.3 Å². The molecule has 0 saturated heterocycles. The zero-order valence-electron chi connectivity index (χ0n) is 12.1. The van der Waals surface area contributed by atoms with Gasteiger partial charge in [0.05, 0.1) is 11.3 Å². The van der Waals surface area contributed by atoms with Crippen LogP contribution in [0.3, 0.4) is 0 Å². The minimum atomic E-state index is -4.57. The van der Waals surface area contributed by atoms with E-state index in [1.807, 2.05) is 4.57 Å². The lowest BCUT2D eigenvalue weighted by atomic mass is 9.49. The highest BCUT2D eigenvalue weighted by Gasteiger charge is 2.58. The molecule has 122 valence electrons. The van der Waals surface area contributed by atoms with Crippen molar-refractivity contribution in [1.29, 1.82) is 0 Å². The Balaban J connectivity index is 1.76. The Labute approximate surface area is 130 Å². The smallest absolute Gasteiger partial charge is 0.388 e. The maximum Gasteiger partial charge on any atom is 0.419 e. The zero-order chi connectivity index (χ0) is 16.4. The van der Waals surface area contributed by atoms with Gasteiger partial charge < -0.3 is 15.4 Å². The minimum absolute atomic E-state index is 0.00206. The molecule has 0 aliphatic heterocycles. The van der Waals surface area contributed by atoms with Crippen LogP contribution in [0.15, 0.2) is 18.5 Å². The second-order valence-corrected chi connectivity index (χ2v) is 6.43. The van der Waals surface area contributed by atoms with E-state index in [2.05, 4.69) is 9.97 Å². The fourth-order valence-electron chi connectivity index (χ4n) is 3.65. The van der Waals surface area contributed by atoms with E-state index < -0.39 is 17.6 Å². The molecule has 5 rings (SSSR count). The molecule has 0 atom stereocenters. The highest BCUT2D eigenvalue weighted by Crippen LogP contribution is 2.62. The van der Waals surface area contributed by atoms with Crippen LogP contribution in [0.5, 0.6) is 0 Å². The number of anilines is 1. The molecule has 3 fully saturated rings. The monoisotopic (exact) mass is 324 g/mol. The van der Waals surface area contributed by atoms with Gasteiger partial charge in [0.15, 0.2) is 0 Å². The number of hydrogen-bond donors (Lipinski definition) is 2. The predicted octanol–water partition coefficient (Wildman–Crippen LogP) is 2.55. The van der Waals surface area contributed by atoms with Gasteiger partial charge >= 0.3 is 6.18 Å². The number of nitrogens with zero attached hydrogens (tertiary/aromatic N) is 3. The van der Waals surface area contributed by atoms with Crippen LogP contribution < -0.4 is 5.73 Å². The van der Waals surface area contributed by atoms with Gasteiger partial charge in [-0.2, -0.15) is 13.2 Å². The molecule has 3 aliphatic carbocycles. The number of alkyl halides is 3. The Morgan fingerprint density at radius 1 is 1.35 bits per heavy atom. The second-order valence-electron chi connectivity index (χ2n) is 6.43. The number of aromatic nitrogens is 3. The second kappa shape index (κ2) is 4.47. The lowest BCUT2D eigenvalue weighted by molar-refractivity contribution is -0.137. The summed E-state index contributed by atoms with van der Waals surface area (Å²) in [5.41, 5.74) is 4.97. The minimum Gasteiger partial charge on any atom is -0.388 e. The lowest BCUT2D eigenvalue weighted by Crippen LogP contribution is -2.59. The summed E-state index contributed by atoms with van der Waals surface area (Å²) in [4.78, 5) is 7.93. The van der Waals surface area contributed by atoms with Gasteiger partial charge in [-0.25, -0.2) is 9.97 Å². The summed E-state index contributed by atoms with van der Waals surface area (Å²) in [5, 5.41) is 9.51. The Bertz CT molecular complexity index is 766. The first kappa shape index (κ1) is 14.5. The Kier molecular flexibility index (Phi) is 2.82. The fraction of sp³-hybridized carbons (Fsp3) is 0.467. The highest BCUT2D eigenvalue weighted by atomic mass is 19.4. The number of aliphatic hydroxyl groups is 1. The number of hydrogen-bond acceptors (Lipinski definition) is 4. The van der Waals surface area contributed by atoms with E-state index in [4.69, 9.17) is 5.73 Å². The van der Waals surface area contributed by atoms with Crippen LogP contribution >= 0.6 is 0 Å². The Hall–Kier alpha value is -2.09. The van der Waals surface area contributed by atoms with E-state index >= 15 is 0 Å².